The number of rotatable bonds is 4. The molecule has 2 aliphatic rings. The quantitative estimate of drug-likeness (QED) is 0.804. The first-order valence-corrected chi connectivity index (χ1v) is 10.5. The first-order valence-electron chi connectivity index (χ1n) is 10.5. The molecule has 2 amide bonds. The van der Waals surface area contributed by atoms with Crippen molar-refractivity contribution in [2.24, 2.45) is 0 Å². The van der Waals surface area contributed by atoms with Gasteiger partial charge in [0.05, 0.1) is 6.54 Å². The predicted octanol–water partition coefficient (Wildman–Crippen LogP) is 1.59. The van der Waals surface area contributed by atoms with E-state index in [0.29, 0.717) is 31.7 Å². The number of carbonyl (C=O) groups is 2. The molecule has 2 aromatic carbocycles. The van der Waals surface area contributed by atoms with E-state index in [1.54, 1.807) is 17.0 Å². The van der Waals surface area contributed by atoms with Gasteiger partial charge >= 0.3 is 0 Å². The highest BCUT2D eigenvalue weighted by Gasteiger charge is 2.22. The van der Waals surface area contributed by atoms with Gasteiger partial charge in [0.1, 0.15) is 5.82 Å². The van der Waals surface area contributed by atoms with Gasteiger partial charge in [-0.15, -0.1) is 0 Å². The van der Waals surface area contributed by atoms with Crippen LogP contribution in [-0.4, -0.2) is 62.5 Å². The average Bonchev–Trinajstić information content (AvgIpc) is 3.03. The SMILES string of the molecule is O=C(NCC(=O)N1CCN(c2ccc(F)cc2)CC1)c1ccc2c(c1)CCNCC2. The molecule has 0 aliphatic carbocycles. The highest BCUT2D eigenvalue weighted by molar-refractivity contribution is 5.96. The summed E-state index contributed by atoms with van der Waals surface area (Å²) in [6, 6.07) is 12.2. The number of hydrogen-bond donors (Lipinski definition) is 2. The molecule has 1 saturated heterocycles. The first kappa shape index (κ1) is 20.3. The van der Waals surface area contributed by atoms with E-state index in [1.807, 2.05) is 18.2 Å². The second kappa shape index (κ2) is 9.26. The van der Waals surface area contributed by atoms with Gasteiger partial charge in [-0.2, -0.15) is 0 Å². The third-order valence-electron chi connectivity index (χ3n) is 5.84. The first-order chi connectivity index (χ1) is 14.6. The van der Waals surface area contributed by atoms with Crippen LogP contribution in [0, 0.1) is 5.82 Å². The van der Waals surface area contributed by atoms with E-state index < -0.39 is 0 Å². The fraction of sp³-hybridized carbons (Fsp3) is 0.391. The van der Waals surface area contributed by atoms with Gasteiger partial charge in [-0.3, -0.25) is 9.59 Å². The third-order valence-corrected chi connectivity index (χ3v) is 5.84. The molecule has 158 valence electrons. The highest BCUT2D eigenvalue weighted by atomic mass is 19.1. The zero-order valence-electron chi connectivity index (χ0n) is 17.0. The van der Waals surface area contributed by atoms with Gasteiger partial charge in [0.25, 0.3) is 5.91 Å². The molecule has 2 aliphatic heterocycles. The number of piperazine rings is 1. The minimum atomic E-state index is -0.255. The fourth-order valence-electron chi connectivity index (χ4n) is 4.05. The van der Waals surface area contributed by atoms with Crippen molar-refractivity contribution in [1.29, 1.82) is 0 Å². The second-order valence-electron chi connectivity index (χ2n) is 7.76. The van der Waals surface area contributed by atoms with Crippen LogP contribution in [0.4, 0.5) is 10.1 Å². The van der Waals surface area contributed by atoms with Crippen molar-refractivity contribution in [2.75, 3.05) is 50.7 Å². The number of fused-ring (bicyclic) bond motifs is 1. The van der Waals surface area contributed by atoms with E-state index in [-0.39, 0.29) is 24.2 Å². The van der Waals surface area contributed by atoms with Crippen molar-refractivity contribution in [3.63, 3.8) is 0 Å². The maximum absolute atomic E-state index is 13.1. The molecule has 2 aromatic rings. The summed E-state index contributed by atoms with van der Waals surface area (Å²) in [7, 11) is 0. The lowest BCUT2D eigenvalue weighted by Crippen LogP contribution is -2.51. The normalized spacial score (nSPS) is 16.6. The zero-order valence-corrected chi connectivity index (χ0v) is 17.0. The molecule has 0 bridgehead atoms. The summed E-state index contributed by atoms with van der Waals surface area (Å²) in [5.74, 6) is -0.552. The van der Waals surface area contributed by atoms with Crippen LogP contribution in [0.25, 0.3) is 0 Å². The molecule has 6 nitrogen and oxygen atoms in total. The molecule has 0 unspecified atom stereocenters. The lowest BCUT2D eigenvalue weighted by Gasteiger charge is -2.36. The second-order valence-corrected chi connectivity index (χ2v) is 7.76. The van der Waals surface area contributed by atoms with Crippen molar-refractivity contribution < 1.29 is 14.0 Å². The van der Waals surface area contributed by atoms with Gasteiger partial charge < -0.3 is 20.4 Å². The molecule has 0 radical (unpaired) electrons. The Morgan fingerprint density at radius 3 is 2.37 bits per heavy atom. The van der Waals surface area contributed by atoms with E-state index in [1.165, 1.54) is 23.3 Å². The molecule has 0 spiro atoms. The van der Waals surface area contributed by atoms with Gasteiger partial charge in [0, 0.05) is 37.4 Å². The Kier molecular flexibility index (Phi) is 6.28. The van der Waals surface area contributed by atoms with Crippen molar-refractivity contribution in [2.45, 2.75) is 12.8 Å². The Balaban J connectivity index is 1.27. The van der Waals surface area contributed by atoms with E-state index in [2.05, 4.69) is 15.5 Å². The summed E-state index contributed by atoms with van der Waals surface area (Å²) >= 11 is 0. The number of nitrogens with zero attached hydrogens (tertiary/aromatic N) is 2. The minimum absolute atomic E-state index is 0.00593. The Bertz CT molecular complexity index is 908. The van der Waals surface area contributed by atoms with Crippen LogP contribution < -0.4 is 15.5 Å². The number of benzene rings is 2. The highest BCUT2D eigenvalue weighted by Crippen LogP contribution is 2.17. The summed E-state index contributed by atoms with van der Waals surface area (Å²) in [4.78, 5) is 29.0. The number of halogens is 1. The number of nitrogens with one attached hydrogen (secondary N) is 2. The van der Waals surface area contributed by atoms with Crippen LogP contribution >= 0.6 is 0 Å². The monoisotopic (exact) mass is 410 g/mol. The Morgan fingerprint density at radius 1 is 0.933 bits per heavy atom. The van der Waals surface area contributed by atoms with Crippen molar-refractivity contribution >= 4 is 17.5 Å². The summed E-state index contributed by atoms with van der Waals surface area (Å²) in [6.45, 7) is 4.40. The molecule has 1 fully saturated rings. The maximum Gasteiger partial charge on any atom is 0.251 e. The lowest BCUT2D eigenvalue weighted by molar-refractivity contribution is -0.130. The Morgan fingerprint density at radius 2 is 1.63 bits per heavy atom. The molecule has 7 heteroatoms. The Hall–Kier alpha value is -2.93. The minimum Gasteiger partial charge on any atom is -0.368 e. The summed E-state index contributed by atoms with van der Waals surface area (Å²) in [5, 5.41) is 6.13. The Labute approximate surface area is 176 Å². The number of anilines is 1. The van der Waals surface area contributed by atoms with Gasteiger partial charge in [0.15, 0.2) is 0 Å². The van der Waals surface area contributed by atoms with Crippen LogP contribution in [0.3, 0.4) is 0 Å². The van der Waals surface area contributed by atoms with Gasteiger partial charge in [0.2, 0.25) is 5.91 Å². The van der Waals surface area contributed by atoms with E-state index in [0.717, 1.165) is 31.6 Å². The molecule has 2 heterocycles. The molecule has 30 heavy (non-hydrogen) atoms. The van der Waals surface area contributed by atoms with Crippen molar-refractivity contribution in [3.05, 3.63) is 65.0 Å². The molecular formula is C23H27FN4O2. The molecular weight excluding hydrogens is 383 g/mol. The largest absolute Gasteiger partial charge is 0.368 e. The van der Waals surface area contributed by atoms with Crippen LogP contribution in [0.1, 0.15) is 21.5 Å². The summed E-state index contributed by atoms with van der Waals surface area (Å²) in [5.41, 5.74) is 4.04. The van der Waals surface area contributed by atoms with Gasteiger partial charge in [-0.25, -0.2) is 4.39 Å². The van der Waals surface area contributed by atoms with E-state index in [9.17, 15) is 14.0 Å². The summed E-state index contributed by atoms with van der Waals surface area (Å²) in [6.07, 6.45) is 1.88. The standard InChI is InChI=1S/C23H27FN4O2/c24-20-3-5-21(6-4-20)27-11-13-28(14-12-27)22(29)16-26-23(30)19-2-1-17-7-9-25-10-8-18(17)15-19/h1-6,15,25H,7-14,16H2,(H,26,30). The van der Waals surface area contributed by atoms with Crippen molar-refractivity contribution in [1.82, 2.24) is 15.5 Å². The lowest BCUT2D eigenvalue weighted by atomic mass is 10.00. The van der Waals surface area contributed by atoms with E-state index >= 15 is 0 Å². The molecule has 0 atom stereocenters. The summed E-state index contributed by atoms with van der Waals surface area (Å²) < 4.78 is 13.1. The van der Waals surface area contributed by atoms with Crippen molar-refractivity contribution in [3.8, 4) is 0 Å². The van der Waals surface area contributed by atoms with Gasteiger partial charge in [-0.05, 0) is 73.5 Å². The maximum atomic E-state index is 13.1. The number of amides is 2. The van der Waals surface area contributed by atoms with Crippen LogP contribution in [0.2, 0.25) is 0 Å². The fourth-order valence-corrected chi connectivity index (χ4v) is 4.05. The van der Waals surface area contributed by atoms with Crippen LogP contribution in [0.5, 0.6) is 0 Å². The smallest absolute Gasteiger partial charge is 0.251 e. The predicted molar refractivity (Wildman–Crippen MR) is 114 cm³/mol. The van der Waals surface area contributed by atoms with Gasteiger partial charge in [-0.1, -0.05) is 6.07 Å². The van der Waals surface area contributed by atoms with E-state index in [4.69, 9.17) is 0 Å². The topological polar surface area (TPSA) is 64.7 Å². The molecule has 0 saturated carbocycles. The third kappa shape index (κ3) is 4.79. The van der Waals surface area contributed by atoms with Crippen LogP contribution in [-0.2, 0) is 17.6 Å². The van der Waals surface area contributed by atoms with Crippen LogP contribution in [0.15, 0.2) is 42.5 Å². The number of hydrogen-bond acceptors (Lipinski definition) is 4. The molecule has 2 N–H and O–H groups in total. The molecule has 0 aromatic heterocycles. The molecule has 4 rings (SSSR count). The number of carbonyl (C=O) groups excluding carboxylic acids is 2. The average molecular weight is 410 g/mol. The zero-order chi connectivity index (χ0) is 20.9.